The highest BCUT2D eigenvalue weighted by Crippen LogP contribution is 2.38. The van der Waals surface area contributed by atoms with E-state index in [0.717, 1.165) is 18.9 Å². The number of carbonyl (C=O) groups is 1. The van der Waals surface area contributed by atoms with Crippen LogP contribution in [0.1, 0.15) is 29.6 Å². The molecule has 0 atom stereocenters. The first kappa shape index (κ1) is 9.75. The van der Waals surface area contributed by atoms with Gasteiger partial charge in [0.2, 0.25) is 0 Å². The highest BCUT2D eigenvalue weighted by molar-refractivity contribution is 6.03. The van der Waals surface area contributed by atoms with E-state index in [2.05, 4.69) is 0 Å². The Morgan fingerprint density at radius 3 is 2.69 bits per heavy atom. The second kappa shape index (κ2) is 3.27. The normalized spacial score (nSPS) is 19.9. The van der Waals surface area contributed by atoms with Crippen molar-refractivity contribution in [2.75, 3.05) is 11.4 Å². The Labute approximate surface area is 91.9 Å². The van der Waals surface area contributed by atoms with E-state index in [1.165, 1.54) is 6.07 Å². The number of hydrogen-bond donors (Lipinski definition) is 0. The van der Waals surface area contributed by atoms with Gasteiger partial charge in [-0.05, 0) is 25.0 Å². The molecule has 2 nitrogen and oxygen atoms in total. The first-order chi connectivity index (χ1) is 7.68. The van der Waals surface area contributed by atoms with Gasteiger partial charge in [0, 0.05) is 19.0 Å². The highest BCUT2D eigenvalue weighted by Gasteiger charge is 2.36. The Kier molecular flexibility index (Phi) is 1.99. The van der Waals surface area contributed by atoms with Crippen molar-refractivity contribution in [1.82, 2.24) is 0 Å². The molecule has 2 aliphatic rings. The summed E-state index contributed by atoms with van der Waals surface area (Å²) in [5.41, 5.74) is 0.510. The minimum atomic E-state index is -0.993. The number of rotatable bonds is 1. The van der Waals surface area contributed by atoms with E-state index in [0.29, 0.717) is 18.3 Å². The minimum Gasteiger partial charge on any atom is -0.367 e. The molecular weight excluding hydrogens is 212 g/mol. The molecule has 1 aromatic carbocycles. The van der Waals surface area contributed by atoms with Crippen LogP contribution in [-0.4, -0.2) is 18.4 Å². The van der Waals surface area contributed by atoms with Crippen molar-refractivity contribution in [3.05, 3.63) is 29.3 Å². The third-order valence-corrected chi connectivity index (χ3v) is 3.23. The van der Waals surface area contributed by atoms with Crippen LogP contribution in [0.25, 0.3) is 0 Å². The topological polar surface area (TPSA) is 20.3 Å². The van der Waals surface area contributed by atoms with Gasteiger partial charge in [0.1, 0.15) is 0 Å². The van der Waals surface area contributed by atoms with E-state index < -0.39 is 11.6 Å². The predicted molar refractivity (Wildman–Crippen MR) is 55.7 cm³/mol. The van der Waals surface area contributed by atoms with Gasteiger partial charge in [0.25, 0.3) is 0 Å². The number of hydrogen-bond acceptors (Lipinski definition) is 2. The van der Waals surface area contributed by atoms with Crippen molar-refractivity contribution in [1.29, 1.82) is 0 Å². The second-order valence-electron chi connectivity index (χ2n) is 4.35. The lowest BCUT2D eigenvalue weighted by molar-refractivity contribution is 0.0974. The maximum absolute atomic E-state index is 13.6. The Hall–Kier alpha value is -1.45. The lowest BCUT2D eigenvalue weighted by atomic mass is 9.99. The van der Waals surface area contributed by atoms with Crippen LogP contribution in [-0.2, 0) is 0 Å². The van der Waals surface area contributed by atoms with Gasteiger partial charge in [0.15, 0.2) is 17.4 Å². The van der Waals surface area contributed by atoms with Gasteiger partial charge in [-0.15, -0.1) is 0 Å². The average molecular weight is 223 g/mol. The van der Waals surface area contributed by atoms with Gasteiger partial charge in [-0.25, -0.2) is 8.78 Å². The maximum Gasteiger partial charge on any atom is 0.171 e. The zero-order valence-corrected chi connectivity index (χ0v) is 8.67. The quantitative estimate of drug-likeness (QED) is 0.729. The highest BCUT2D eigenvalue weighted by atomic mass is 19.2. The van der Waals surface area contributed by atoms with Crippen LogP contribution in [0.2, 0.25) is 0 Å². The van der Waals surface area contributed by atoms with Gasteiger partial charge in [-0.2, -0.15) is 0 Å². The van der Waals surface area contributed by atoms with E-state index in [4.69, 9.17) is 0 Å². The molecule has 1 heterocycles. The Morgan fingerprint density at radius 1 is 1.25 bits per heavy atom. The molecule has 0 amide bonds. The summed E-state index contributed by atoms with van der Waals surface area (Å²) in [5.74, 6) is -2.22. The monoisotopic (exact) mass is 223 g/mol. The zero-order valence-electron chi connectivity index (χ0n) is 8.67. The molecule has 3 rings (SSSR count). The molecule has 1 saturated carbocycles. The molecule has 0 spiro atoms. The zero-order chi connectivity index (χ0) is 11.3. The fourth-order valence-electron chi connectivity index (χ4n) is 2.28. The number of anilines is 1. The third-order valence-electron chi connectivity index (χ3n) is 3.23. The van der Waals surface area contributed by atoms with E-state index in [9.17, 15) is 13.6 Å². The summed E-state index contributed by atoms with van der Waals surface area (Å²) in [6, 6.07) is 3.03. The van der Waals surface area contributed by atoms with Gasteiger partial charge in [-0.1, -0.05) is 0 Å². The van der Waals surface area contributed by atoms with Crippen LogP contribution >= 0.6 is 0 Å². The van der Waals surface area contributed by atoms with Crippen molar-refractivity contribution < 1.29 is 13.6 Å². The van der Waals surface area contributed by atoms with Gasteiger partial charge >= 0.3 is 0 Å². The fraction of sp³-hybridized carbons (Fsp3) is 0.417. The molecular formula is C12H11F2NO. The summed E-state index contributed by atoms with van der Waals surface area (Å²) < 4.78 is 26.6. The fourth-order valence-corrected chi connectivity index (χ4v) is 2.28. The first-order valence-electron chi connectivity index (χ1n) is 5.46. The number of carbonyl (C=O) groups excluding carboxylic acids is 1. The molecule has 0 aromatic heterocycles. The van der Waals surface area contributed by atoms with Crippen LogP contribution in [0.15, 0.2) is 12.1 Å². The summed E-state index contributed by atoms with van der Waals surface area (Å²) in [5, 5.41) is 0. The van der Waals surface area contributed by atoms with E-state index in [-0.39, 0.29) is 17.8 Å². The number of ketones is 1. The molecule has 4 heteroatoms. The van der Waals surface area contributed by atoms with Gasteiger partial charge in [0.05, 0.1) is 11.3 Å². The van der Waals surface area contributed by atoms with Crippen molar-refractivity contribution in [3.8, 4) is 0 Å². The minimum absolute atomic E-state index is 0.0573. The summed E-state index contributed by atoms with van der Waals surface area (Å²) in [4.78, 5) is 13.6. The van der Waals surface area contributed by atoms with Crippen molar-refractivity contribution in [2.45, 2.75) is 25.3 Å². The van der Waals surface area contributed by atoms with E-state index in [1.807, 2.05) is 4.90 Å². The molecule has 84 valence electrons. The van der Waals surface area contributed by atoms with Crippen LogP contribution < -0.4 is 4.90 Å². The van der Waals surface area contributed by atoms with Crippen molar-refractivity contribution in [3.63, 3.8) is 0 Å². The number of Topliss-reactive ketones (excluding diaryl/α,β-unsaturated/α-hetero) is 1. The average Bonchev–Trinajstić information content (AvgIpc) is 3.07. The summed E-state index contributed by atoms with van der Waals surface area (Å²) in [7, 11) is 0. The second-order valence-corrected chi connectivity index (χ2v) is 4.35. The lowest BCUT2D eigenvalue weighted by Crippen LogP contribution is -2.34. The smallest absolute Gasteiger partial charge is 0.171 e. The Bertz CT molecular complexity index is 468. The molecule has 0 N–H and O–H groups in total. The summed E-state index contributed by atoms with van der Waals surface area (Å²) in [6.07, 6.45) is 2.43. The van der Waals surface area contributed by atoms with Crippen molar-refractivity contribution >= 4 is 11.5 Å². The van der Waals surface area contributed by atoms with E-state index in [1.54, 1.807) is 0 Å². The molecule has 0 saturated heterocycles. The molecule has 1 aliphatic carbocycles. The molecule has 0 unspecified atom stereocenters. The standard InChI is InChI=1S/C12H11F2NO/c13-8-3-4-9-11(12(8)14)10(16)5-6-15(9)7-1-2-7/h3-4,7H,1-2,5-6H2. The number of halogens is 2. The summed E-state index contributed by atoms with van der Waals surface area (Å²) >= 11 is 0. The maximum atomic E-state index is 13.6. The SMILES string of the molecule is O=C1CCN(C2CC2)c2ccc(F)c(F)c21. The van der Waals surface area contributed by atoms with Gasteiger partial charge < -0.3 is 4.90 Å². The van der Waals surface area contributed by atoms with Gasteiger partial charge in [-0.3, -0.25) is 4.79 Å². The molecule has 0 radical (unpaired) electrons. The molecule has 16 heavy (non-hydrogen) atoms. The summed E-state index contributed by atoms with van der Waals surface area (Å²) in [6.45, 7) is 0.627. The third kappa shape index (κ3) is 1.32. The number of benzene rings is 1. The molecule has 1 aromatic rings. The number of fused-ring (bicyclic) bond motifs is 1. The van der Waals surface area contributed by atoms with Crippen molar-refractivity contribution in [2.24, 2.45) is 0 Å². The lowest BCUT2D eigenvalue weighted by Gasteiger charge is -2.30. The number of nitrogens with zero attached hydrogens (tertiary/aromatic N) is 1. The first-order valence-corrected chi connectivity index (χ1v) is 5.46. The Balaban J connectivity index is 2.15. The van der Waals surface area contributed by atoms with E-state index >= 15 is 0 Å². The molecule has 0 bridgehead atoms. The largest absolute Gasteiger partial charge is 0.367 e. The molecule has 1 fully saturated rings. The van der Waals surface area contributed by atoms with Crippen LogP contribution in [0.4, 0.5) is 14.5 Å². The van der Waals surface area contributed by atoms with Crippen LogP contribution in [0.3, 0.4) is 0 Å². The van der Waals surface area contributed by atoms with Crippen LogP contribution in [0.5, 0.6) is 0 Å². The molecule has 1 aliphatic heterocycles. The predicted octanol–water partition coefficient (Wildman–Crippen LogP) is 2.52. The van der Waals surface area contributed by atoms with Crippen LogP contribution in [0, 0.1) is 11.6 Å². The Morgan fingerprint density at radius 2 is 2.00 bits per heavy atom.